The van der Waals surface area contributed by atoms with Crippen LogP contribution in [0, 0.1) is 5.92 Å². The van der Waals surface area contributed by atoms with Crippen molar-refractivity contribution in [2.24, 2.45) is 5.92 Å². The lowest BCUT2D eigenvalue weighted by Gasteiger charge is -2.32. The fraction of sp³-hybridized carbons (Fsp3) is 0.900. The molecule has 0 aromatic rings. The lowest BCUT2D eigenvalue weighted by molar-refractivity contribution is -0.131. The summed E-state index contributed by atoms with van der Waals surface area (Å²) in [7, 11) is 0. The zero-order valence-electron chi connectivity index (χ0n) is 8.42. The molecule has 3 heteroatoms. The number of piperidine rings is 1. The van der Waals surface area contributed by atoms with Crippen LogP contribution in [0.15, 0.2) is 0 Å². The normalized spacial score (nSPS) is 21.6. The minimum absolute atomic E-state index is 0.0225. The zero-order chi connectivity index (χ0) is 9.84. The summed E-state index contributed by atoms with van der Waals surface area (Å²) >= 11 is 3.32. The highest BCUT2D eigenvalue weighted by molar-refractivity contribution is 9.10. The summed E-state index contributed by atoms with van der Waals surface area (Å²) in [6.07, 6.45) is 3.62. The van der Waals surface area contributed by atoms with Gasteiger partial charge in [-0.15, -0.1) is 0 Å². The van der Waals surface area contributed by atoms with Gasteiger partial charge < -0.3 is 4.90 Å². The van der Waals surface area contributed by atoms with Crippen molar-refractivity contribution in [3.8, 4) is 0 Å². The Kier molecular flexibility index (Phi) is 4.23. The molecule has 0 N–H and O–H groups in total. The van der Waals surface area contributed by atoms with Gasteiger partial charge in [0, 0.05) is 13.1 Å². The van der Waals surface area contributed by atoms with E-state index in [0.717, 1.165) is 19.0 Å². The van der Waals surface area contributed by atoms with E-state index in [4.69, 9.17) is 0 Å². The number of alkyl halides is 1. The maximum atomic E-state index is 11.6. The highest BCUT2D eigenvalue weighted by Crippen LogP contribution is 2.21. The van der Waals surface area contributed by atoms with E-state index in [-0.39, 0.29) is 10.7 Å². The Morgan fingerprint density at radius 2 is 2.08 bits per heavy atom. The molecule has 0 radical (unpaired) electrons. The van der Waals surface area contributed by atoms with Crippen molar-refractivity contribution in [3.05, 3.63) is 0 Å². The standard InChI is InChI=1S/C10H18BrNO/c1-3-9-4-6-12(7-5-9)10(13)8(2)11/h8-9H,3-7H2,1-2H3. The fourth-order valence-electron chi connectivity index (χ4n) is 1.81. The molecule has 13 heavy (non-hydrogen) atoms. The molecule has 1 atom stereocenters. The van der Waals surface area contributed by atoms with Crippen LogP contribution in [0.4, 0.5) is 0 Å². The van der Waals surface area contributed by atoms with E-state index in [1.165, 1.54) is 19.3 Å². The molecular formula is C10H18BrNO. The number of hydrogen-bond acceptors (Lipinski definition) is 1. The van der Waals surface area contributed by atoms with Crippen molar-refractivity contribution in [3.63, 3.8) is 0 Å². The van der Waals surface area contributed by atoms with Crippen molar-refractivity contribution in [2.75, 3.05) is 13.1 Å². The van der Waals surface area contributed by atoms with E-state index < -0.39 is 0 Å². The predicted octanol–water partition coefficient (Wildman–Crippen LogP) is 2.42. The van der Waals surface area contributed by atoms with Gasteiger partial charge in [-0.3, -0.25) is 4.79 Å². The number of nitrogens with zero attached hydrogens (tertiary/aromatic N) is 1. The lowest BCUT2D eigenvalue weighted by atomic mass is 9.94. The van der Waals surface area contributed by atoms with Gasteiger partial charge in [0.15, 0.2) is 0 Å². The Morgan fingerprint density at radius 1 is 1.54 bits per heavy atom. The molecule has 1 saturated heterocycles. The zero-order valence-corrected chi connectivity index (χ0v) is 10.0. The number of halogens is 1. The number of likely N-dealkylation sites (tertiary alicyclic amines) is 1. The first-order valence-corrected chi connectivity index (χ1v) is 5.99. The maximum absolute atomic E-state index is 11.6. The van der Waals surface area contributed by atoms with Gasteiger partial charge in [0.25, 0.3) is 0 Å². The molecule has 1 heterocycles. The van der Waals surface area contributed by atoms with Gasteiger partial charge in [0.1, 0.15) is 0 Å². The summed E-state index contributed by atoms with van der Waals surface area (Å²) in [5.74, 6) is 1.09. The summed E-state index contributed by atoms with van der Waals surface area (Å²) in [5.41, 5.74) is 0. The Balaban J connectivity index is 2.36. The third kappa shape index (κ3) is 2.97. The smallest absolute Gasteiger partial charge is 0.236 e. The minimum atomic E-state index is -0.0225. The molecule has 0 aromatic heterocycles. The second-order valence-corrected chi connectivity index (χ2v) is 5.17. The van der Waals surface area contributed by atoms with Crippen molar-refractivity contribution < 1.29 is 4.79 Å². The third-order valence-electron chi connectivity index (χ3n) is 2.84. The van der Waals surface area contributed by atoms with Crippen LogP contribution in [0.1, 0.15) is 33.1 Å². The quantitative estimate of drug-likeness (QED) is 0.687. The van der Waals surface area contributed by atoms with Crippen molar-refractivity contribution >= 4 is 21.8 Å². The maximum Gasteiger partial charge on any atom is 0.236 e. The summed E-state index contributed by atoms with van der Waals surface area (Å²) < 4.78 is 0. The molecule has 0 aromatic carbocycles. The van der Waals surface area contributed by atoms with Gasteiger partial charge in [-0.05, 0) is 25.7 Å². The summed E-state index contributed by atoms with van der Waals surface area (Å²) in [4.78, 5) is 13.5. The molecule has 0 saturated carbocycles. The van der Waals surface area contributed by atoms with E-state index in [9.17, 15) is 4.79 Å². The van der Waals surface area contributed by atoms with Crippen LogP contribution in [0.25, 0.3) is 0 Å². The van der Waals surface area contributed by atoms with Crippen LogP contribution >= 0.6 is 15.9 Å². The predicted molar refractivity (Wildman–Crippen MR) is 58.0 cm³/mol. The fourth-order valence-corrected chi connectivity index (χ4v) is 2.10. The first-order valence-electron chi connectivity index (χ1n) is 5.08. The van der Waals surface area contributed by atoms with Crippen molar-refractivity contribution in [2.45, 2.75) is 37.9 Å². The number of carbonyl (C=O) groups excluding carboxylic acids is 1. The second-order valence-electron chi connectivity index (χ2n) is 3.79. The van der Waals surface area contributed by atoms with Crippen molar-refractivity contribution in [1.29, 1.82) is 0 Å². The molecule has 76 valence electrons. The highest BCUT2D eigenvalue weighted by Gasteiger charge is 2.23. The van der Waals surface area contributed by atoms with E-state index in [0.29, 0.717) is 0 Å². The van der Waals surface area contributed by atoms with Crippen molar-refractivity contribution in [1.82, 2.24) is 4.90 Å². The summed E-state index contributed by atoms with van der Waals surface area (Å²) in [6, 6.07) is 0. The minimum Gasteiger partial charge on any atom is -0.342 e. The SMILES string of the molecule is CCC1CCN(C(=O)C(C)Br)CC1. The number of carbonyl (C=O) groups is 1. The Morgan fingerprint density at radius 3 is 2.46 bits per heavy atom. The molecule has 0 spiro atoms. The largest absolute Gasteiger partial charge is 0.342 e. The molecule has 1 rings (SSSR count). The molecule has 1 aliphatic heterocycles. The molecule has 0 bridgehead atoms. The highest BCUT2D eigenvalue weighted by atomic mass is 79.9. The average Bonchev–Trinajstić information content (AvgIpc) is 2.17. The first-order chi connectivity index (χ1) is 6.15. The molecule has 0 aliphatic carbocycles. The van der Waals surface area contributed by atoms with Crippen LogP contribution in [0.3, 0.4) is 0 Å². The van der Waals surface area contributed by atoms with E-state index in [2.05, 4.69) is 22.9 Å². The van der Waals surface area contributed by atoms with Gasteiger partial charge in [0.2, 0.25) is 5.91 Å². The van der Waals surface area contributed by atoms with Crippen LogP contribution < -0.4 is 0 Å². The van der Waals surface area contributed by atoms with Crippen LogP contribution in [0.5, 0.6) is 0 Å². The number of hydrogen-bond donors (Lipinski definition) is 0. The molecule has 1 amide bonds. The summed E-state index contributed by atoms with van der Waals surface area (Å²) in [6.45, 7) is 6.03. The van der Waals surface area contributed by atoms with Crippen LogP contribution in [-0.2, 0) is 4.79 Å². The molecule has 2 nitrogen and oxygen atoms in total. The van der Waals surface area contributed by atoms with Gasteiger partial charge >= 0.3 is 0 Å². The molecular weight excluding hydrogens is 230 g/mol. The van der Waals surface area contributed by atoms with Gasteiger partial charge in [0.05, 0.1) is 4.83 Å². The Hall–Kier alpha value is -0.0500. The molecule has 1 fully saturated rings. The third-order valence-corrected chi connectivity index (χ3v) is 3.24. The second kappa shape index (κ2) is 4.99. The average molecular weight is 248 g/mol. The lowest BCUT2D eigenvalue weighted by Crippen LogP contribution is -2.41. The number of rotatable bonds is 2. The van der Waals surface area contributed by atoms with Gasteiger partial charge in [-0.2, -0.15) is 0 Å². The summed E-state index contributed by atoms with van der Waals surface area (Å²) in [5, 5.41) is 0. The van der Waals surface area contributed by atoms with Crippen LogP contribution in [0.2, 0.25) is 0 Å². The molecule has 1 unspecified atom stereocenters. The monoisotopic (exact) mass is 247 g/mol. The van der Waals surface area contributed by atoms with Gasteiger partial charge in [-0.1, -0.05) is 29.3 Å². The molecule has 1 aliphatic rings. The first kappa shape index (κ1) is 11.0. The van der Waals surface area contributed by atoms with Crippen LogP contribution in [-0.4, -0.2) is 28.7 Å². The topological polar surface area (TPSA) is 20.3 Å². The van der Waals surface area contributed by atoms with E-state index in [1.54, 1.807) is 0 Å². The van der Waals surface area contributed by atoms with E-state index in [1.807, 2.05) is 11.8 Å². The Labute approximate surface area is 88.8 Å². The number of amides is 1. The van der Waals surface area contributed by atoms with Gasteiger partial charge in [-0.25, -0.2) is 0 Å². The Bertz CT molecular complexity index is 174. The van der Waals surface area contributed by atoms with E-state index >= 15 is 0 Å².